The Hall–Kier alpha value is -1.84. The number of nitrogens with zero attached hydrogens (tertiary/aromatic N) is 1. The summed E-state index contributed by atoms with van der Waals surface area (Å²) < 4.78 is 37.6. The van der Waals surface area contributed by atoms with E-state index in [0.29, 0.717) is 0 Å². The number of hydrogen-bond acceptors (Lipinski definition) is 1. The van der Waals surface area contributed by atoms with Crippen LogP contribution in [0, 0.1) is 0 Å². The van der Waals surface area contributed by atoms with Crippen molar-refractivity contribution in [2.45, 2.75) is 31.9 Å². The summed E-state index contributed by atoms with van der Waals surface area (Å²) in [4.78, 5) is 4.27. The molecule has 1 aromatic carbocycles. The number of aromatic nitrogens is 1. The lowest BCUT2D eigenvalue weighted by atomic mass is 9.91. The van der Waals surface area contributed by atoms with E-state index in [1.54, 1.807) is 18.3 Å². The van der Waals surface area contributed by atoms with Crippen molar-refractivity contribution in [1.29, 1.82) is 0 Å². The van der Waals surface area contributed by atoms with Crippen LogP contribution >= 0.6 is 0 Å². The van der Waals surface area contributed by atoms with Crippen LogP contribution in [0.25, 0.3) is 0 Å². The van der Waals surface area contributed by atoms with Gasteiger partial charge in [-0.15, -0.1) is 0 Å². The maximum Gasteiger partial charge on any atom is 0.416 e. The zero-order valence-electron chi connectivity index (χ0n) is 11.2. The van der Waals surface area contributed by atoms with E-state index in [1.165, 1.54) is 0 Å². The molecule has 0 fully saturated rings. The lowest BCUT2D eigenvalue weighted by Crippen LogP contribution is -2.07. The Morgan fingerprint density at radius 3 is 2.25 bits per heavy atom. The Morgan fingerprint density at radius 2 is 1.75 bits per heavy atom. The summed E-state index contributed by atoms with van der Waals surface area (Å²) in [7, 11) is 0. The van der Waals surface area contributed by atoms with Crippen molar-refractivity contribution >= 4 is 0 Å². The molecule has 1 nitrogen and oxygen atoms in total. The van der Waals surface area contributed by atoms with Crippen LogP contribution in [0.15, 0.2) is 48.7 Å². The zero-order chi connectivity index (χ0) is 14.6. The molecular formula is C16H16F3N. The molecule has 0 aliphatic heterocycles. The lowest BCUT2D eigenvalue weighted by Gasteiger charge is -2.16. The highest BCUT2D eigenvalue weighted by Crippen LogP contribution is 2.31. The van der Waals surface area contributed by atoms with Crippen molar-refractivity contribution < 1.29 is 13.2 Å². The van der Waals surface area contributed by atoms with Gasteiger partial charge in [-0.25, -0.2) is 0 Å². The van der Waals surface area contributed by atoms with Gasteiger partial charge in [0.15, 0.2) is 0 Å². The van der Waals surface area contributed by atoms with Crippen LogP contribution in [0.4, 0.5) is 13.2 Å². The van der Waals surface area contributed by atoms with Gasteiger partial charge in [0, 0.05) is 11.9 Å². The smallest absolute Gasteiger partial charge is 0.261 e. The summed E-state index contributed by atoms with van der Waals surface area (Å²) in [6, 6.07) is 11.1. The van der Waals surface area contributed by atoms with Crippen molar-refractivity contribution in [2.75, 3.05) is 0 Å². The van der Waals surface area contributed by atoms with Gasteiger partial charge >= 0.3 is 6.18 Å². The van der Waals surface area contributed by atoms with E-state index in [0.717, 1.165) is 36.2 Å². The van der Waals surface area contributed by atoms with E-state index in [1.807, 2.05) is 25.1 Å². The van der Waals surface area contributed by atoms with Gasteiger partial charge in [0.1, 0.15) is 0 Å². The molecule has 20 heavy (non-hydrogen) atoms. The van der Waals surface area contributed by atoms with Crippen LogP contribution in [0.3, 0.4) is 0 Å². The third-order valence-electron chi connectivity index (χ3n) is 3.38. The van der Waals surface area contributed by atoms with Crippen LogP contribution in [0.1, 0.15) is 36.1 Å². The van der Waals surface area contributed by atoms with Gasteiger partial charge in [-0.1, -0.05) is 25.1 Å². The molecule has 0 bridgehead atoms. The number of benzene rings is 1. The molecule has 1 heterocycles. The molecule has 0 radical (unpaired) electrons. The van der Waals surface area contributed by atoms with Crippen molar-refractivity contribution in [3.63, 3.8) is 0 Å². The molecule has 0 spiro atoms. The molecule has 106 valence electrons. The van der Waals surface area contributed by atoms with Crippen molar-refractivity contribution in [1.82, 2.24) is 4.98 Å². The second kappa shape index (κ2) is 6.07. The summed E-state index contributed by atoms with van der Waals surface area (Å²) in [6.45, 7) is 2.03. The zero-order valence-corrected chi connectivity index (χ0v) is 11.2. The minimum Gasteiger partial charge on any atom is -0.261 e. The predicted molar refractivity (Wildman–Crippen MR) is 72.4 cm³/mol. The largest absolute Gasteiger partial charge is 0.416 e. The Balaban J connectivity index is 2.16. The van der Waals surface area contributed by atoms with Gasteiger partial charge in [0.05, 0.1) is 5.56 Å². The Bertz CT molecular complexity index is 532. The molecular weight excluding hydrogens is 263 g/mol. The molecule has 0 amide bonds. The number of halogens is 3. The Morgan fingerprint density at radius 1 is 1.05 bits per heavy atom. The second-order valence-electron chi connectivity index (χ2n) is 4.75. The fraction of sp³-hybridized carbons (Fsp3) is 0.312. The molecule has 0 aliphatic carbocycles. The van der Waals surface area contributed by atoms with Gasteiger partial charge in [0.2, 0.25) is 0 Å². The highest BCUT2D eigenvalue weighted by Gasteiger charge is 2.30. The highest BCUT2D eigenvalue weighted by molar-refractivity contribution is 5.28. The van der Waals surface area contributed by atoms with Gasteiger partial charge in [-0.3, -0.25) is 4.98 Å². The molecule has 1 atom stereocenters. The first-order valence-electron chi connectivity index (χ1n) is 6.57. The third-order valence-corrected chi connectivity index (χ3v) is 3.38. The SMILES string of the molecule is CCC(Cc1ccccn1)c1ccc(C(F)(F)F)cc1. The minimum absolute atomic E-state index is 0.187. The van der Waals surface area contributed by atoms with Gasteiger partial charge < -0.3 is 0 Å². The maximum absolute atomic E-state index is 12.5. The first kappa shape index (κ1) is 14.6. The number of pyridine rings is 1. The summed E-state index contributed by atoms with van der Waals surface area (Å²) in [6.07, 6.45) is -0.944. The molecule has 0 N–H and O–H groups in total. The number of alkyl halides is 3. The fourth-order valence-electron chi connectivity index (χ4n) is 2.21. The van der Waals surface area contributed by atoms with Gasteiger partial charge in [0.25, 0.3) is 0 Å². The maximum atomic E-state index is 12.5. The van der Waals surface area contributed by atoms with Crippen molar-refractivity contribution in [3.8, 4) is 0 Å². The van der Waals surface area contributed by atoms with E-state index in [9.17, 15) is 13.2 Å². The highest BCUT2D eigenvalue weighted by atomic mass is 19.4. The monoisotopic (exact) mass is 279 g/mol. The average molecular weight is 279 g/mol. The predicted octanol–water partition coefficient (Wildman–Crippen LogP) is 4.84. The summed E-state index contributed by atoms with van der Waals surface area (Å²) in [5, 5.41) is 0. The van der Waals surface area contributed by atoms with Crippen LogP contribution < -0.4 is 0 Å². The number of hydrogen-bond donors (Lipinski definition) is 0. The summed E-state index contributed by atoms with van der Waals surface area (Å²) in [5.41, 5.74) is 1.28. The van der Waals surface area contributed by atoms with Crippen LogP contribution in [0.2, 0.25) is 0 Å². The Kier molecular flexibility index (Phi) is 4.42. The molecule has 0 saturated carbocycles. The molecule has 4 heteroatoms. The molecule has 1 aromatic heterocycles. The summed E-state index contributed by atoms with van der Waals surface area (Å²) >= 11 is 0. The second-order valence-corrected chi connectivity index (χ2v) is 4.75. The third kappa shape index (κ3) is 3.59. The average Bonchev–Trinajstić information content (AvgIpc) is 2.45. The minimum atomic E-state index is -4.28. The van der Waals surface area contributed by atoms with E-state index in [4.69, 9.17) is 0 Å². The van der Waals surface area contributed by atoms with Gasteiger partial charge in [-0.05, 0) is 48.6 Å². The topological polar surface area (TPSA) is 12.9 Å². The molecule has 2 aromatic rings. The van der Waals surface area contributed by atoms with Crippen molar-refractivity contribution in [3.05, 3.63) is 65.5 Å². The first-order chi connectivity index (χ1) is 9.50. The lowest BCUT2D eigenvalue weighted by molar-refractivity contribution is -0.137. The van der Waals surface area contributed by atoms with Crippen LogP contribution in [-0.4, -0.2) is 4.98 Å². The Labute approximate surface area is 116 Å². The van der Waals surface area contributed by atoms with E-state index in [-0.39, 0.29) is 5.92 Å². The molecule has 0 aliphatic rings. The van der Waals surface area contributed by atoms with E-state index in [2.05, 4.69) is 4.98 Å². The van der Waals surface area contributed by atoms with Crippen LogP contribution in [-0.2, 0) is 12.6 Å². The summed E-state index contributed by atoms with van der Waals surface area (Å²) in [5.74, 6) is 0.187. The standard InChI is InChI=1S/C16H16F3N/c1-2-12(11-15-5-3-4-10-20-15)13-6-8-14(9-7-13)16(17,18)19/h3-10,12H,2,11H2,1H3. The normalized spacial score (nSPS) is 13.2. The number of rotatable bonds is 4. The quantitative estimate of drug-likeness (QED) is 0.780. The van der Waals surface area contributed by atoms with Crippen molar-refractivity contribution in [2.24, 2.45) is 0 Å². The van der Waals surface area contributed by atoms with Gasteiger partial charge in [-0.2, -0.15) is 13.2 Å². The molecule has 1 unspecified atom stereocenters. The fourth-order valence-corrected chi connectivity index (χ4v) is 2.21. The van der Waals surface area contributed by atoms with E-state index >= 15 is 0 Å². The molecule has 2 rings (SSSR count). The van der Waals surface area contributed by atoms with E-state index < -0.39 is 11.7 Å². The van der Waals surface area contributed by atoms with Crippen LogP contribution in [0.5, 0.6) is 0 Å². The molecule has 0 saturated heterocycles. The first-order valence-corrected chi connectivity index (χ1v) is 6.57.